The molecule has 1 aromatic heterocycles. The molecule has 0 N–H and O–H groups in total. The van der Waals surface area contributed by atoms with Crippen LogP contribution in [0.25, 0.3) is 0 Å². The van der Waals surface area contributed by atoms with Gasteiger partial charge in [0.05, 0.1) is 6.61 Å². The monoisotopic (exact) mass is 334 g/mol. The summed E-state index contributed by atoms with van der Waals surface area (Å²) in [5, 5.41) is 4.49. The summed E-state index contributed by atoms with van der Waals surface area (Å²) < 4.78 is 6.09. The lowest BCUT2D eigenvalue weighted by molar-refractivity contribution is 0.0168. The molecule has 4 rings (SSSR count). The van der Waals surface area contributed by atoms with Crippen molar-refractivity contribution >= 4 is 11.3 Å². The normalized spacial score (nSPS) is 28.7. The number of thiophene rings is 1. The summed E-state index contributed by atoms with van der Waals surface area (Å²) in [5.74, 6) is 1.63. The lowest BCUT2D eigenvalue weighted by atomic mass is 9.71. The lowest BCUT2D eigenvalue weighted by Crippen LogP contribution is -2.44. The minimum Gasteiger partial charge on any atom is -0.381 e. The van der Waals surface area contributed by atoms with E-state index >= 15 is 0 Å². The van der Waals surface area contributed by atoms with E-state index in [-0.39, 0.29) is 0 Å². The molecule has 3 fully saturated rings. The van der Waals surface area contributed by atoms with Crippen LogP contribution in [0.15, 0.2) is 16.8 Å². The summed E-state index contributed by atoms with van der Waals surface area (Å²) in [6.07, 6.45) is 5.48. The fourth-order valence-electron chi connectivity index (χ4n) is 4.56. The van der Waals surface area contributed by atoms with Crippen LogP contribution in [-0.2, 0) is 11.3 Å². The molecule has 0 amide bonds. The molecule has 1 aromatic rings. The second kappa shape index (κ2) is 6.83. The molecule has 2 aliphatic heterocycles. The van der Waals surface area contributed by atoms with Crippen LogP contribution in [0.1, 0.15) is 31.2 Å². The van der Waals surface area contributed by atoms with E-state index in [0.717, 1.165) is 31.6 Å². The highest BCUT2D eigenvalue weighted by atomic mass is 32.1. The maximum Gasteiger partial charge on any atom is 0.0512 e. The fraction of sp³-hybridized carbons (Fsp3) is 0.789. The van der Waals surface area contributed by atoms with Crippen molar-refractivity contribution in [2.24, 2.45) is 17.3 Å². The van der Waals surface area contributed by atoms with Crippen LogP contribution in [0.2, 0.25) is 0 Å². The summed E-state index contributed by atoms with van der Waals surface area (Å²) in [5.41, 5.74) is 2.00. The summed E-state index contributed by atoms with van der Waals surface area (Å²) >= 11 is 1.81. The molecule has 0 radical (unpaired) electrons. The minimum atomic E-state index is 0.517. The average molecular weight is 335 g/mol. The van der Waals surface area contributed by atoms with E-state index < -0.39 is 0 Å². The molecule has 4 heteroatoms. The maximum atomic E-state index is 6.09. The zero-order chi connectivity index (χ0) is 15.7. The predicted octanol–water partition coefficient (Wildman–Crippen LogP) is 3.32. The van der Waals surface area contributed by atoms with E-state index in [1.807, 2.05) is 11.3 Å². The molecule has 3 aliphatic rings. The Morgan fingerprint density at radius 2 is 2.09 bits per heavy atom. The second-order valence-electron chi connectivity index (χ2n) is 8.14. The Morgan fingerprint density at radius 1 is 1.26 bits per heavy atom. The Hall–Kier alpha value is -0.420. The van der Waals surface area contributed by atoms with Crippen LogP contribution >= 0.6 is 11.3 Å². The molecule has 3 nitrogen and oxygen atoms in total. The maximum absolute atomic E-state index is 6.09. The summed E-state index contributed by atoms with van der Waals surface area (Å²) in [6, 6.07) is 2.27. The number of likely N-dealkylation sites (tertiary alicyclic amines) is 2. The molecule has 0 unspecified atom stereocenters. The standard InChI is InChI=1S/C19H30N2OS/c1-20-11-18(13-22-12-16-2-3-16)19(15-20)5-7-21(8-6-19)10-17-4-9-23-14-17/h4,9,14,16,18H,2-3,5-8,10-13,15H2,1H3/t18-/m0/s1. The van der Waals surface area contributed by atoms with Gasteiger partial charge in [-0.15, -0.1) is 0 Å². The highest BCUT2D eigenvalue weighted by Gasteiger charge is 2.46. The first kappa shape index (κ1) is 16.1. The molecule has 23 heavy (non-hydrogen) atoms. The molecule has 1 atom stereocenters. The van der Waals surface area contributed by atoms with E-state index in [4.69, 9.17) is 4.74 Å². The van der Waals surface area contributed by atoms with Gasteiger partial charge in [0.15, 0.2) is 0 Å². The summed E-state index contributed by atoms with van der Waals surface area (Å²) in [7, 11) is 2.29. The molecule has 3 heterocycles. The van der Waals surface area contributed by atoms with Gasteiger partial charge < -0.3 is 9.64 Å². The van der Waals surface area contributed by atoms with Gasteiger partial charge in [-0.05, 0) is 79.5 Å². The molecule has 2 saturated heterocycles. The Labute approximate surface area is 144 Å². The SMILES string of the molecule is CN1C[C@@H](COCC2CC2)C2(CCN(Cc3ccsc3)CC2)C1. The quantitative estimate of drug-likeness (QED) is 0.794. The molecule has 0 bridgehead atoms. The van der Waals surface area contributed by atoms with Gasteiger partial charge >= 0.3 is 0 Å². The van der Waals surface area contributed by atoms with Crippen molar-refractivity contribution in [1.82, 2.24) is 9.80 Å². The van der Waals surface area contributed by atoms with E-state index in [0.29, 0.717) is 5.41 Å². The number of piperidine rings is 1. The van der Waals surface area contributed by atoms with E-state index in [1.165, 1.54) is 57.4 Å². The van der Waals surface area contributed by atoms with Gasteiger partial charge in [0.25, 0.3) is 0 Å². The van der Waals surface area contributed by atoms with Crippen molar-refractivity contribution in [1.29, 1.82) is 0 Å². The summed E-state index contributed by atoms with van der Waals surface area (Å²) in [4.78, 5) is 5.19. The Balaban J connectivity index is 1.31. The number of hydrogen-bond donors (Lipinski definition) is 0. The topological polar surface area (TPSA) is 15.7 Å². The molecular weight excluding hydrogens is 304 g/mol. The highest BCUT2D eigenvalue weighted by Crippen LogP contribution is 2.44. The zero-order valence-corrected chi connectivity index (χ0v) is 15.2. The molecule has 0 aromatic carbocycles. The van der Waals surface area contributed by atoms with Crippen LogP contribution in [0.5, 0.6) is 0 Å². The third kappa shape index (κ3) is 3.81. The van der Waals surface area contributed by atoms with Crippen LogP contribution < -0.4 is 0 Å². The van der Waals surface area contributed by atoms with Crippen molar-refractivity contribution in [2.75, 3.05) is 46.4 Å². The van der Waals surface area contributed by atoms with Gasteiger partial charge in [-0.2, -0.15) is 11.3 Å². The minimum absolute atomic E-state index is 0.517. The average Bonchev–Trinajstić information content (AvgIpc) is 3.12. The fourth-order valence-corrected chi connectivity index (χ4v) is 5.22. The van der Waals surface area contributed by atoms with Gasteiger partial charge in [0.1, 0.15) is 0 Å². The second-order valence-corrected chi connectivity index (χ2v) is 8.92. The molecule has 128 valence electrons. The Bertz CT molecular complexity index is 491. The smallest absolute Gasteiger partial charge is 0.0512 e. The third-order valence-electron chi connectivity index (χ3n) is 6.19. The summed E-state index contributed by atoms with van der Waals surface area (Å²) in [6.45, 7) is 8.15. The van der Waals surface area contributed by atoms with Crippen molar-refractivity contribution in [3.05, 3.63) is 22.4 Å². The molecular formula is C19H30N2OS. The van der Waals surface area contributed by atoms with Crippen LogP contribution in [0.3, 0.4) is 0 Å². The van der Waals surface area contributed by atoms with Crippen LogP contribution in [0, 0.1) is 17.3 Å². The first-order chi connectivity index (χ1) is 11.2. The van der Waals surface area contributed by atoms with Gasteiger partial charge in [-0.25, -0.2) is 0 Å². The number of ether oxygens (including phenoxy) is 1. The number of rotatable bonds is 6. The first-order valence-electron chi connectivity index (χ1n) is 9.23. The zero-order valence-electron chi connectivity index (χ0n) is 14.4. The lowest BCUT2D eigenvalue weighted by Gasteiger charge is -2.42. The molecule has 1 saturated carbocycles. The van der Waals surface area contributed by atoms with Crippen molar-refractivity contribution in [3.8, 4) is 0 Å². The number of nitrogens with zero attached hydrogens (tertiary/aromatic N) is 2. The van der Waals surface area contributed by atoms with E-state index in [1.54, 1.807) is 0 Å². The van der Waals surface area contributed by atoms with Crippen molar-refractivity contribution < 1.29 is 4.74 Å². The van der Waals surface area contributed by atoms with Crippen molar-refractivity contribution in [3.63, 3.8) is 0 Å². The van der Waals surface area contributed by atoms with E-state index in [9.17, 15) is 0 Å². The van der Waals surface area contributed by atoms with Crippen molar-refractivity contribution in [2.45, 2.75) is 32.2 Å². The van der Waals surface area contributed by atoms with Gasteiger partial charge in [-0.3, -0.25) is 4.90 Å². The molecule has 1 aliphatic carbocycles. The van der Waals surface area contributed by atoms with Crippen LogP contribution in [-0.4, -0.2) is 56.2 Å². The van der Waals surface area contributed by atoms with Gasteiger partial charge in [0, 0.05) is 32.2 Å². The molecule has 1 spiro atoms. The van der Waals surface area contributed by atoms with Gasteiger partial charge in [0.2, 0.25) is 0 Å². The van der Waals surface area contributed by atoms with Crippen LogP contribution in [0.4, 0.5) is 0 Å². The van der Waals surface area contributed by atoms with E-state index in [2.05, 4.69) is 33.7 Å². The predicted molar refractivity (Wildman–Crippen MR) is 95.8 cm³/mol. The number of hydrogen-bond acceptors (Lipinski definition) is 4. The Kier molecular flexibility index (Phi) is 4.77. The van der Waals surface area contributed by atoms with Gasteiger partial charge in [-0.1, -0.05) is 0 Å². The first-order valence-corrected chi connectivity index (χ1v) is 10.2. The largest absolute Gasteiger partial charge is 0.381 e. The third-order valence-corrected chi connectivity index (χ3v) is 6.92. The Morgan fingerprint density at radius 3 is 2.78 bits per heavy atom. The highest BCUT2D eigenvalue weighted by molar-refractivity contribution is 7.07.